The number of nitrogen functional groups attached to an aromatic ring is 1. The smallest absolute Gasteiger partial charge is 0.189 e. The molecule has 80 valence electrons. The van der Waals surface area contributed by atoms with Gasteiger partial charge in [0, 0.05) is 6.54 Å². The summed E-state index contributed by atoms with van der Waals surface area (Å²) in [5, 5.41) is 12.5. The van der Waals surface area contributed by atoms with Crippen LogP contribution in [0.1, 0.15) is 12.6 Å². The monoisotopic (exact) mass is 224 g/mol. The Kier molecular flexibility index (Phi) is 2.63. The molecule has 0 aliphatic heterocycles. The molecule has 0 aromatic carbocycles. The van der Waals surface area contributed by atoms with Gasteiger partial charge in [-0.15, -0.1) is 0 Å². The minimum absolute atomic E-state index is 0.707. The van der Waals surface area contributed by atoms with E-state index in [1.807, 2.05) is 18.5 Å². The maximum Gasteiger partial charge on any atom is 0.189 e. The highest BCUT2D eigenvalue weighted by Gasteiger charge is 2.13. The lowest BCUT2D eigenvalue weighted by molar-refractivity contribution is 0.601. The molecule has 3 N–H and O–H groups in total. The zero-order valence-electron chi connectivity index (χ0n) is 8.56. The predicted molar refractivity (Wildman–Crippen MR) is 57.6 cm³/mol. The fourth-order valence-electron chi connectivity index (χ4n) is 1.23. The number of nitrogens with one attached hydrogen (secondary N) is 1. The molecule has 2 aromatic rings. The second-order valence-corrected chi connectivity index (χ2v) is 3.99. The molecule has 0 aliphatic carbocycles. The summed E-state index contributed by atoms with van der Waals surface area (Å²) < 4.78 is 1.86. The molecule has 2 aromatic heterocycles. The molecule has 0 atom stereocenters. The highest BCUT2D eigenvalue weighted by atomic mass is 32.2. The molecule has 0 fully saturated rings. The standard InChI is InChI=1S/C8H12N6S/c1-3-14-7(6(9)5(2)13-14)15-8-10-4-11-12-8/h4H,3,9H2,1-2H3,(H,10,11,12). The Labute approximate surface area is 91.3 Å². The Balaban J connectivity index is 2.34. The molecular formula is C8H12N6S. The highest BCUT2D eigenvalue weighted by molar-refractivity contribution is 7.99. The minimum Gasteiger partial charge on any atom is -0.395 e. The van der Waals surface area contributed by atoms with Crippen LogP contribution in [-0.4, -0.2) is 25.0 Å². The molecule has 0 spiro atoms. The van der Waals surface area contributed by atoms with Crippen LogP contribution in [0.15, 0.2) is 16.5 Å². The molecule has 0 saturated heterocycles. The third-order valence-electron chi connectivity index (χ3n) is 2.01. The van der Waals surface area contributed by atoms with Crippen LogP contribution in [-0.2, 0) is 6.54 Å². The van der Waals surface area contributed by atoms with Crippen molar-refractivity contribution in [2.24, 2.45) is 0 Å². The molecule has 0 saturated carbocycles. The fourth-order valence-corrected chi connectivity index (χ4v) is 2.15. The molecule has 0 aliphatic rings. The van der Waals surface area contributed by atoms with Gasteiger partial charge in [-0.05, 0) is 25.6 Å². The van der Waals surface area contributed by atoms with Crippen molar-refractivity contribution < 1.29 is 0 Å². The summed E-state index contributed by atoms with van der Waals surface area (Å²) in [5.41, 5.74) is 7.48. The van der Waals surface area contributed by atoms with Gasteiger partial charge < -0.3 is 5.73 Å². The molecule has 7 heteroatoms. The zero-order valence-corrected chi connectivity index (χ0v) is 9.38. The normalized spacial score (nSPS) is 10.8. The average Bonchev–Trinajstić information content (AvgIpc) is 2.82. The van der Waals surface area contributed by atoms with Gasteiger partial charge in [0.2, 0.25) is 0 Å². The second-order valence-electron chi connectivity index (χ2n) is 3.01. The Morgan fingerprint density at radius 3 is 3.00 bits per heavy atom. The Morgan fingerprint density at radius 1 is 1.60 bits per heavy atom. The maximum absolute atomic E-state index is 5.93. The number of aromatic amines is 1. The van der Waals surface area contributed by atoms with Crippen molar-refractivity contribution in [1.82, 2.24) is 25.0 Å². The first-order valence-corrected chi connectivity index (χ1v) is 5.40. The second kappa shape index (κ2) is 3.93. The van der Waals surface area contributed by atoms with Crippen molar-refractivity contribution in [3.05, 3.63) is 12.0 Å². The average molecular weight is 224 g/mol. The highest BCUT2D eigenvalue weighted by Crippen LogP contribution is 2.31. The first kappa shape index (κ1) is 10.0. The van der Waals surface area contributed by atoms with Crippen molar-refractivity contribution in [1.29, 1.82) is 0 Å². The lowest BCUT2D eigenvalue weighted by Crippen LogP contribution is -1.99. The number of aromatic nitrogens is 5. The first-order valence-electron chi connectivity index (χ1n) is 4.58. The van der Waals surface area contributed by atoms with Gasteiger partial charge >= 0.3 is 0 Å². The van der Waals surface area contributed by atoms with Crippen LogP contribution in [0, 0.1) is 6.92 Å². The number of anilines is 1. The summed E-state index contributed by atoms with van der Waals surface area (Å²) >= 11 is 1.44. The number of hydrogen-bond acceptors (Lipinski definition) is 5. The Morgan fingerprint density at radius 2 is 2.40 bits per heavy atom. The van der Waals surface area contributed by atoms with Gasteiger partial charge in [0.15, 0.2) is 5.16 Å². The maximum atomic E-state index is 5.93. The largest absolute Gasteiger partial charge is 0.395 e. The van der Waals surface area contributed by atoms with Crippen LogP contribution >= 0.6 is 11.8 Å². The molecule has 6 nitrogen and oxygen atoms in total. The summed E-state index contributed by atoms with van der Waals surface area (Å²) in [4.78, 5) is 4.04. The van der Waals surface area contributed by atoms with Crippen molar-refractivity contribution in [3.63, 3.8) is 0 Å². The van der Waals surface area contributed by atoms with Gasteiger partial charge in [-0.3, -0.25) is 9.78 Å². The summed E-state index contributed by atoms with van der Waals surface area (Å²) in [6, 6.07) is 0. The lowest BCUT2D eigenvalue weighted by atomic mass is 10.4. The number of nitrogens with two attached hydrogens (primary N) is 1. The van der Waals surface area contributed by atoms with Crippen LogP contribution in [0.4, 0.5) is 5.69 Å². The Bertz CT molecular complexity index is 446. The van der Waals surface area contributed by atoms with E-state index in [0.29, 0.717) is 5.69 Å². The van der Waals surface area contributed by atoms with Crippen molar-refractivity contribution in [2.45, 2.75) is 30.6 Å². The van der Waals surface area contributed by atoms with Crippen molar-refractivity contribution in [3.8, 4) is 0 Å². The number of H-pyrrole nitrogens is 1. The van der Waals surface area contributed by atoms with E-state index in [2.05, 4.69) is 20.3 Å². The van der Waals surface area contributed by atoms with E-state index in [1.54, 1.807) is 0 Å². The summed E-state index contributed by atoms with van der Waals surface area (Å²) in [7, 11) is 0. The summed E-state index contributed by atoms with van der Waals surface area (Å²) in [6.07, 6.45) is 1.47. The van der Waals surface area contributed by atoms with E-state index in [4.69, 9.17) is 5.73 Å². The van der Waals surface area contributed by atoms with Crippen LogP contribution in [0.3, 0.4) is 0 Å². The van der Waals surface area contributed by atoms with E-state index in [0.717, 1.165) is 22.4 Å². The van der Waals surface area contributed by atoms with Crippen LogP contribution < -0.4 is 5.73 Å². The zero-order chi connectivity index (χ0) is 10.8. The van der Waals surface area contributed by atoms with Gasteiger partial charge in [0.1, 0.15) is 11.4 Å². The lowest BCUT2D eigenvalue weighted by Gasteiger charge is -2.02. The van der Waals surface area contributed by atoms with Gasteiger partial charge in [-0.2, -0.15) is 10.2 Å². The van der Waals surface area contributed by atoms with E-state index in [-0.39, 0.29) is 0 Å². The first-order chi connectivity index (χ1) is 7.22. The molecule has 0 amide bonds. The van der Waals surface area contributed by atoms with Crippen molar-refractivity contribution >= 4 is 17.4 Å². The minimum atomic E-state index is 0.707. The molecule has 15 heavy (non-hydrogen) atoms. The van der Waals surface area contributed by atoms with E-state index in [1.165, 1.54) is 18.1 Å². The van der Waals surface area contributed by atoms with E-state index < -0.39 is 0 Å². The summed E-state index contributed by atoms with van der Waals surface area (Å²) in [6.45, 7) is 4.71. The molecular weight excluding hydrogens is 212 g/mol. The van der Waals surface area contributed by atoms with Gasteiger partial charge in [-0.1, -0.05) is 0 Å². The van der Waals surface area contributed by atoms with Crippen LogP contribution in [0.2, 0.25) is 0 Å². The van der Waals surface area contributed by atoms with Gasteiger partial charge in [0.05, 0.1) is 11.4 Å². The number of nitrogens with zero attached hydrogens (tertiary/aromatic N) is 4. The molecule has 0 unspecified atom stereocenters. The molecule has 0 bridgehead atoms. The quantitative estimate of drug-likeness (QED) is 0.814. The van der Waals surface area contributed by atoms with E-state index in [9.17, 15) is 0 Å². The third-order valence-corrected chi connectivity index (χ3v) is 3.03. The fraction of sp³-hybridized carbons (Fsp3) is 0.375. The van der Waals surface area contributed by atoms with Gasteiger partial charge in [-0.25, -0.2) is 4.98 Å². The topological polar surface area (TPSA) is 85.4 Å². The SMILES string of the molecule is CCn1nc(C)c(N)c1Sc1ncn[nH]1. The molecule has 0 radical (unpaired) electrons. The summed E-state index contributed by atoms with van der Waals surface area (Å²) in [5.74, 6) is 0. The van der Waals surface area contributed by atoms with Crippen LogP contribution in [0.25, 0.3) is 0 Å². The number of hydrogen-bond donors (Lipinski definition) is 2. The van der Waals surface area contributed by atoms with Gasteiger partial charge in [0.25, 0.3) is 0 Å². The van der Waals surface area contributed by atoms with Crippen LogP contribution in [0.5, 0.6) is 0 Å². The van der Waals surface area contributed by atoms with Crippen molar-refractivity contribution in [2.75, 3.05) is 5.73 Å². The van der Waals surface area contributed by atoms with E-state index >= 15 is 0 Å². The molecule has 2 heterocycles. The Hall–Kier alpha value is -1.50. The molecule has 2 rings (SSSR count). The number of aryl methyl sites for hydroxylation is 2. The number of rotatable bonds is 3. The predicted octanol–water partition coefficient (Wildman–Crippen LogP) is 1.06. The third kappa shape index (κ3) is 1.82.